The predicted octanol–water partition coefficient (Wildman–Crippen LogP) is 2.50. The number of nitriles is 1. The van der Waals surface area contributed by atoms with E-state index >= 15 is 0 Å². The Morgan fingerprint density at radius 3 is 2.67 bits per heavy atom. The Balaban J connectivity index is 2.35. The van der Waals surface area contributed by atoms with E-state index in [-0.39, 0.29) is 5.69 Å². The first kappa shape index (κ1) is 20.4. The number of nitrogens with zero attached hydrogens (tertiary/aromatic N) is 3. The Kier molecular flexibility index (Phi) is 6.16. The molecule has 1 unspecified atom stereocenters. The number of amides is 2. The molecule has 1 aromatic carbocycles. The van der Waals surface area contributed by atoms with Crippen molar-refractivity contribution in [1.29, 1.82) is 5.26 Å². The van der Waals surface area contributed by atoms with E-state index in [9.17, 15) is 14.0 Å². The van der Waals surface area contributed by atoms with Gasteiger partial charge in [-0.05, 0) is 36.5 Å². The Bertz CT molecular complexity index is 892. The van der Waals surface area contributed by atoms with Crippen molar-refractivity contribution in [3.63, 3.8) is 0 Å². The van der Waals surface area contributed by atoms with E-state index in [0.717, 1.165) is 0 Å². The van der Waals surface area contributed by atoms with E-state index in [4.69, 9.17) is 11.0 Å². The number of benzene rings is 1. The van der Waals surface area contributed by atoms with Crippen LogP contribution in [0.5, 0.6) is 0 Å². The molecule has 27 heavy (non-hydrogen) atoms. The van der Waals surface area contributed by atoms with Gasteiger partial charge in [0.05, 0.1) is 11.6 Å². The molecule has 0 saturated heterocycles. The molecular weight excluding hydrogens is 349 g/mol. The third kappa shape index (κ3) is 4.82. The van der Waals surface area contributed by atoms with Gasteiger partial charge in [-0.15, -0.1) is 0 Å². The van der Waals surface area contributed by atoms with Crippen molar-refractivity contribution in [2.45, 2.75) is 52.6 Å². The van der Waals surface area contributed by atoms with E-state index < -0.39 is 29.1 Å². The lowest BCUT2D eigenvalue weighted by Gasteiger charge is -2.28. The predicted molar refractivity (Wildman–Crippen MR) is 99.1 cm³/mol. The summed E-state index contributed by atoms with van der Waals surface area (Å²) in [5.41, 5.74) is 5.46. The van der Waals surface area contributed by atoms with Crippen LogP contribution in [0.3, 0.4) is 0 Å². The van der Waals surface area contributed by atoms with Gasteiger partial charge in [0, 0.05) is 18.4 Å². The summed E-state index contributed by atoms with van der Waals surface area (Å²) in [6.45, 7) is 5.84. The van der Waals surface area contributed by atoms with Crippen LogP contribution < -0.4 is 11.1 Å². The third-order valence-corrected chi connectivity index (χ3v) is 4.26. The summed E-state index contributed by atoms with van der Waals surface area (Å²) in [4.78, 5) is 24.5. The molecule has 7 nitrogen and oxygen atoms in total. The number of unbranched alkanes of at least 4 members (excludes halogenated alkanes) is 2. The van der Waals surface area contributed by atoms with Crippen molar-refractivity contribution in [2.75, 3.05) is 0 Å². The van der Waals surface area contributed by atoms with Gasteiger partial charge < -0.3 is 11.1 Å². The van der Waals surface area contributed by atoms with Gasteiger partial charge in [-0.2, -0.15) is 10.4 Å². The zero-order chi connectivity index (χ0) is 20.2. The van der Waals surface area contributed by atoms with E-state index in [1.165, 1.54) is 18.2 Å². The van der Waals surface area contributed by atoms with Gasteiger partial charge in [0.15, 0.2) is 5.69 Å². The highest BCUT2D eigenvalue weighted by atomic mass is 19.1. The molecule has 144 valence electrons. The summed E-state index contributed by atoms with van der Waals surface area (Å²) in [5.74, 6) is -1.61. The molecule has 1 atom stereocenters. The number of nitrogens with two attached hydrogens (primary N) is 1. The van der Waals surface area contributed by atoms with Gasteiger partial charge in [0.1, 0.15) is 11.9 Å². The number of carbonyl (C=O) groups excluding carboxylic acids is 2. The fraction of sp³-hybridized carbons (Fsp3) is 0.474. The number of aromatic nitrogens is 2. The van der Waals surface area contributed by atoms with Crippen LogP contribution >= 0.6 is 0 Å². The molecule has 0 aliphatic carbocycles. The molecule has 0 spiro atoms. The summed E-state index contributed by atoms with van der Waals surface area (Å²) in [6.07, 6.45) is 1.78. The molecule has 1 heterocycles. The second-order valence-electron chi connectivity index (χ2n) is 7.52. The second kappa shape index (κ2) is 8.16. The molecule has 2 amide bonds. The number of halogens is 1. The third-order valence-electron chi connectivity index (χ3n) is 4.26. The van der Waals surface area contributed by atoms with Crippen molar-refractivity contribution in [3.8, 4) is 6.07 Å². The zero-order valence-electron chi connectivity index (χ0n) is 15.8. The normalized spacial score (nSPS) is 12.6. The Labute approximate surface area is 157 Å². The van der Waals surface area contributed by atoms with Gasteiger partial charge in [-0.1, -0.05) is 20.8 Å². The molecule has 2 aromatic rings. The van der Waals surface area contributed by atoms with Crippen molar-refractivity contribution in [1.82, 2.24) is 15.1 Å². The lowest BCUT2D eigenvalue weighted by Crippen LogP contribution is -2.52. The van der Waals surface area contributed by atoms with E-state index in [0.29, 0.717) is 36.7 Å². The van der Waals surface area contributed by atoms with Crippen LogP contribution in [-0.4, -0.2) is 27.6 Å². The molecule has 0 radical (unpaired) electrons. The van der Waals surface area contributed by atoms with Crippen molar-refractivity contribution >= 4 is 22.7 Å². The van der Waals surface area contributed by atoms with E-state index in [1.54, 1.807) is 25.5 Å². The topological polar surface area (TPSA) is 114 Å². The van der Waals surface area contributed by atoms with Gasteiger partial charge in [-0.3, -0.25) is 14.3 Å². The molecule has 0 fully saturated rings. The number of primary amides is 1. The number of hydrogen-bond acceptors (Lipinski definition) is 4. The number of aryl methyl sites for hydroxylation is 1. The van der Waals surface area contributed by atoms with Crippen LogP contribution in [0.4, 0.5) is 4.39 Å². The van der Waals surface area contributed by atoms with Crippen molar-refractivity contribution in [3.05, 3.63) is 29.7 Å². The maximum absolute atomic E-state index is 13.7. The van der Waals surface area contributed by atoms with Gasteiger partial charge in [0.25, 0.3) is 5.91 Å². The van der Waals surface area contributed by atoms with Crippen LogP contribution in [0.15, 0.2) is 18.2 Å². The lowest BCUT2D eigenvalue weighted by molar-refractivity contribution is -0.122. The van der Waals surface area contributed by atoms with Crippen LogP contribution in [0.1, 0.15) is 50.5 Å². The molecule has 3 N–H and O–H groups in total. The summed E-state index contributed by atoms with van der Waals surface area (Å²) in [5, 5.41) is 16.1. The van der Waals surface area contributed by atoms with Crippen molar-refractivity contribution < 1.29 is 14.0 Å². The minimum Gasteiger partial charge on any atom is -0.368 e. The fourth-order valence-corrected chi connectivity index (χ4v) is 2.86. The van der Waals surface area contributed by atoms with Gasteiger partial charge in [-0.25, -0.2) is 4.39 Å². The first-order valence-electron chi connectivity index (χ1n) is 8.78. The van der Waals surface area contributed by atoms with Crippen LogP contribution in [0.25, 0.3) is 10.9 Å². The largest absolute Gasteiger partial charge is 0.368 e. The van der Waals surface area contributed by atoms with Crippen LogP contribution in [0.2, 0.25) is 0 Å². The van der Waals surface area contributed by atoms with Crippen LogP contribution in [0, 0.1) is 22.6 Å². The Hall–Kier alpha value is -2.95. The average Bonchev–Trinajstić information content (AvgIpc) is 2.93. The molecule has 0 saturated carbocycles. The van der Waals surface area contributed by atoms with Gasteiger partial charge in [0.2, 0.25) is 5.91 Å². The minimum absolute atomic E-state index is 0.112. The zero-order valence-corrected chi connectivity index (χ0v) is 15.8. The number of rotatable bonds is 7. The number of hydrogen-bond donors (Lipinski definition) is 2. The SMILES string of the molecule is CC(C)(C)C(NC(=O)c1nn(CCCCC#N)c2cc(F)ccc12)C(N)=O. The highest BCUT2D eigenvalue weighted by Gasteiger charge is 2.32. The first-order valence-corrected chi connectivity index (χ1v) is 8.78. The van der Waals surface area contributed by atoms with E-state index in [2.05, 4.69) is 16.5 Å². The van der Waals surface area contributed by atoms with Crippen LogP contribution in [-0.2, 0) is 11.3 Å². The molecular formula is C19H24FN5O2. The summed E-state index contributed by atoms with van der Waals surface area (Å²) in [6, 6.07) is 5.27. The monoisotopic (exact) mass is 373 g/mol. The number of nitrogens with one attached hydrogen (secondary N) is 1. The number of carbonyl (C=O) groups is 2. The first-order chi connectivity index (χ1) is 12.6. The smallest absolute Gasteiger partial charge is 0.273 e. The molecule has 1 aromatic heterocycles. The van der Waals surface area contributed by atoms with E-state index in [1.807, 2.05) is 0 Å². The highest BCUT2D eigenvalue weighted by molar-refractivity contribution is 6.06. The van der Waals surface area contributed by atoms with Crippen molar-refractivity contribution in [2.24, 2.45) is 11.1 Å². The molecule has 2 rings (SSSR count). The highest BCUT2D eigenvalue weighted by Crippen LogP contribution is 2.23. The summed E-state index contributed by atoms with van der Waals surface area (Å²) < 4.78 is 15.3. The fourth-order valence-electron chi connectivity index (χ4n) is 2.86. The summed E-state index contributed by atoms with van der Waals surface area (Å²) >= 11 is 0. The van der Waals surface area contributed by atoms with Gasteiger partial charge >= 0.3 is 0 Å². The standard InChI is InChI=1S/C19H24FN5O2/c1-19(2,3)16(17(22)26)23-18(27)15-13-8-7-12(20)11-14(13)25(24-15)10-6-4-5-9-21/h7-8,11,16H,4-6,10H2,1-3H3,(H2,22,26)(H,23,27). The Morgan fingerprint density at radius 2 is 2.07 bits per heavy atom. The molecule has 0 bridgehead atoms. The lowest BCUT2D eigenvalue weighted by atomic mass is 9.86. The molecule has 0 aliphatic heterocycles. The maximum Gasteiger partial charge on any atom is 0.273 e. The molecule has 0 aliphatic rings. The molecule has 8 heteroatoms. The maximum atomic E-state index is 13.7. The minimum atomic E-state index is -0.874. The number of fused-ring (bicyclic) bond motifs is 1. The second-order valence-corrected chi connectivity index (χ2v) is 7.52. The summed E-state index contributed by atoms with van der Waals surface area (Å²) in [7, 11) is 0. The Morgan fingerprint density at radius 1 is 1.37 bits per heavy atom. The average molecular weight is 373 g/mol. The quantitative estimate of drug-likeness (QED) is 0.726.